The minimum absolute atomic E-state index is 0.141. The second-order valence-corrected chi connectivity index (χ2v) is 5.23. The third kappa shape index (κ3) is 2.61. The molecule has 5 nitrogen and oxygen atoms in total. The standard InChI is InChI=1S/C13H19N3O2/c1-9-5-11(14)8-15(7-9)13-6-12(16(17)18)4-3-10(13)2/h3-4,6,9,11H,5,7-8,14H2,1-2H3. The van der Waals surface area contributed by atoms with E-state index in [0.717, 1.165) is 30.8 Å². The Morgan fingerprint density at radius 3 is 2.78 bits per heavy atom. The number of hydrogen-bond donors (Lipinski definition) is 1. The minimum atomic E-state index is -0.351. The van der Waals surface area contributed by atoms with Crippen LogP contribution in [0.1, 0.15) is 18.9 Å². The fourth-order valence-corrected chi connectivity index (χ4v) is 2.65. The van der Waals surface area contributed by atoms with Crippen molar-refractivity contribution in [2.75, 3.05) is 18.0 Å². The number of nitro benzene ring substituents is 1. The van der Waals surface area contributed by atoms with Gasteiger partial charge in [-0.05, 0) is 24.8 Å². The third-order valence-electron chi connectivity index (χ3n) is 3.44. The first-order valence-electron chi connectivity index (χ1n) is 6.23. The molecule has 5 heteroatoms. The second-order valence-electron chi connectivity index (χ2n) is 5.23. The first-order valence-corrected chi connectivity index (χ1v) is 6.23. The van der Waals surface area contributed by atoms with Gasteiger partial charge in [-0.2, -0.15) is 0 Å². The molecule has 2 rings (SSSR count). The highest BCUT2D eigenvalue weighted by Gasteiger charge is 2.24. The molecule has 1 saturated heterocycles. The maximum Gasteiger partial charge on any atom is 0.271 e. The highest BCUT2D eigenvalue weighted by atomic mass is 16.6. The van der Waals surface area contributed by atoms with Crippen LogP contribution in [-0.4, -0.2) is 24.1 Å². The molecule has 0 radical (unpaired) electrons. The van der Waals surface area contributed by atoms with Crippen LogP contribution in [0.5, 0.6) is 0 Å². The molecule has 2 N–H and O–H groups in total. The van der Waals surface area contributed by atoms with Gasteiger partial charge in [-0.1, -0.05) is 13.0 Å². The normalized spacial score (nSPS) is 24.1. The quantitative estimate of drug-likeness (QED) is 0.643. The Hall–Kier alpha value is -1.62. The fraction of sp³-hybridized carbons (Fsp3) is 0.538. The molecule has 1 fully saturated rings. The lowest BCUT2D eigenvalue weighted by molar-refractivity contribution is -0.384. The first-order chi connectivity index (χ1) is 8.47. The zero-order chi connectivity index (χ0) is 13.3. The summed E-state index contributed by atoms with van der Waals surface area (Å²) >= 11 is 0. The Kier molecular flexibility index (Phi) is 3.52. The summed E-state index contributed by atoms with van der Waals surface area (Å²) in [5.41, 5.74) is 8.16. The Labute approximate surface area is 107 Å². The van der Waals surface area contributed by atoms with Crippen molar-refractivity contribution >= 4 is 11.4 Å². The van der Waals surface area contributed by atoms with Crippen LogP contribution in [0.2, 0.25) is 0 Å². The topological polar surface area (TPSA) is 72.4 Å². The van der Waals surface area contributed by atoms with Gasteiger partial charge in [0.15, 0.2) is 0 Å². The Bertz CT molecular complexity index is 452. The zero-order valence-electron chi connectivity index (χ0n) is 10.8. The van der Waals surface area contributed by atoms with E-state index in [-0.39, 0.29) is 16.7 Å². The summed E-state index contributed by atoms with van der Waals surface area (Å²) in [6.07, 6.45) is 1.02. The number of anilines is 1. The van der Waals surface area contributed by atoms with Crippen LogP contribution in [0.4, 0.5) is 11.4 Å². The smallest absolute Gasteiger partial charge is 0.271 e. The number of nitro groups is 1. The molecule has 1 heterocycles. The lowest BCUT2D eigenvalue weighted by Gasteiger charge is -2.37. The minimum Gasteiger partial charge on any atom is -0.369 e. The largest absolute Gasteiger partial charge is 0.369 e. The molecule has 1 aliphatic heterocycles. The molecule has 2 unspecified atom stereocenters. The summed E-state index contributed by atoms with van der Waals surface area (Å²) in [6.45, 7) is 5.82. The Balaban J connectivity index is 2.31. The number of non-ortho nitro benzene ring substituents is 1. The van der Waals surface area contributed by atoms with Crippen molar-refractivity contribution < 1.29 is 4.92 Å². The summed E-state index contributed by atoms with van der Waals surface area (Å²) in [5, 5.41) is 10.8. The number of nitrogens with two attached hydrogens (primary N) is 1. The van der Waals surface area contributed by atoms with Crippen molar-refractivity contribution in [2.24, 2.45) is 11.7 Å². The van der Waals surface area contributed by atoms with Gasteiger partial charge in [-0.25, -0.2) is 0 Å². The van der Waals surface area contributed by atoms with E-state index in [0.29, 0.717) is 5.92 Å². The van der Waals surface area contributed by atoms with E-state index in [9.17, 15) is 10.1 Å². The predicted octanol–water partition coefficient (Wildman–Crippen LogP) is 2.08. The van der Waals surface area contributed by atoms with Crippen molar-refractivity contribution in [1.29, 1.82) is 0 Å². The molecule has 2 atom stereocenters. The third-order valence-corrected chi connectivity index (χ3v) is 3.44. The van der Waals surface area contributed by atoms with E-state index in [4.69, 9.17) is 5.73 Å². The van der Waals surface area contributed by atoms with Gasteiger partial charge in [0, 0.05) is 37.0 Å². The summed E-state index contributed by atoms with van der Waals surface area (Å²) in [7, 11) is 0. The highest BCUT2D eigenvalue weighted by molar-refractivity contribution is 5.59. The van der Waals surface area contributed by atoms with Crippen molar-refractivity contribution in [2.45, 2.75) is 26.3 Å². The average molecular weight is 249 g/mol. The molecule has 0 aromatic heterocycles. The highest BCUT2D eigenvalue weighted by Crippen LogP contribution is 2.29. The van der Waals surface area contributed by atoms with Gasteiger partial charge in [0.2, 0.25) is 0 Å². The molecular formula is C13H19N3O2. The molecule has 0 bridgehead atoms. The molecule has 0 spiro atoms. The van der Waals surface area contributed by atoms with Crippen LogP contribution in [0, 0.1) is 23.0 Å². The second kappa shape index (κ2) is 4.94. The van der Waals surface area contributed by atoms with Crippen LogP contribution in [-0.2, 0) is 0 Å². The summed E-state index contributed by atoms with van der Waals surface area (Å²) in [5.74, 6) is 0.521. The van der Waals surface area contributed by atoms with Gasteiger partial charge >= 0.3 is 0 Å². The molecule has 0 amide bonds. The lowest BCUT2D eigenvalue weighted by atomic mass is 9.95. The van der Waals surface area contributed by atoms with E-state index in [1.54, 1.807) is 18.2 Å². The average Bonchev–Trinajstić information content (AvgIpc) is 2.27. The zero-order valence-corrected chi connectivity index (χ0v) is 10.8. The first kappa shape index (κ1) is 12.8. The van der Waals surface area contributed by atoms with Gasteiger partial charge in [0.1, 0.15) is 0 Å². The molecule has 98 valence electrons. The predicted molar refractivity (Wildman–Crippen MR) is 71.8 cm³/mol. The molecule has 0 saturated carbocycles. The van der Waals surface area contributed by atoms with E-state index in [1.165, 1.54) is 0 Å². The van der Waals surface area contributed by atoms with Gasteiger partial charge in [0.05, 0.1) is 4.92 Å². The Morgan fingerprint density at radius 1 is 1.44 bits per heavy atom. The monoisotopic (exact) mass is 249 g/mol. The Morgan fingerprint density at radius 2 is 2.17 bits per heavy atom. The van der Waals surface area contributed by atoms with E-state index in [2.05, 4.69) is 11.8 Å². The molecule has 18 heavy (non-hydrogen) atoms. The van der Waals surface area contributed by atoms with Gasteiger partial charge in [-0.15, -0.1) is 0 Å². The molecule has 0 aliphatic carbocycles. The van der Waals surface area contributed by atoms with E-state index < -0.39 is 0 Å². The van der Waals surface area contributed by atoms with Crippen molar-refractivity contribution in [3.8, 4) is 0 Å². The number of piperidine rings is 1. The summed E-state index contributed by atoms with van der Waals surface area (Å²) < 4.78 is 0. The van der Waals surface area contributed by atoms with Gasteiger partial charge in [-0.3, -0.25) is 10.1 Å². The van der Waals surface area contributed by atoms with Crippen LogP contribution < -0.4 is 10.6 Å². The summed E-state index contributed by atoms with van der Waals surface area (Å²) in [4.78, 5) is 12.7. The number of benzene rings is 1. The maximum absolute atomic E-state index is 10.8. The van der Waals surface area contributed by atoms with E-state index >= 15 is 0 Å². The van der Waals surface area contributed by atoms with Gasteiger partial charge in [0.25, 0.3) is 5.69 Å². The van der Waals surface area contributed by atoms with Crippen LogP contribution in [0.25, 0.3) is 0 Å². The number of nitrogens with zero attached hydrogens (tertiary/aromatic N) is 2. The lowest BCUT2D eigenvalue weighted by Crippen LogP contribution is -2.46. The van der Waals surface area contributed by atoms with Crippen molar-refractivity contribution in [3.05, 3.63) is 33.9 Å². The molecular weight excluding hydrogens is 230 g/mol. The maximum atomic E-state index is 10.8. The summed E-state index contributed by atoms with van der Waals surface area (Å²) in [6, 6.07) is 5.15. The fourth-order valence-electron chi connectivity index (χ4n) is 2.65. The number of hydrogen-bond acceptors (Lipinski definition) is 4. The van der Waals surface area contributed by atoms with Crippen LogP contribution in [0.15, 0.2) is 18.2 Å². The number of rotatable bonds is 2. The van der Waals surface area contributed by atoms with Crippen LogP contribution >= 0.6 is 0 Å². The molecule has 1 aromatic carbocycles. The SMILES string of the molecule is Cc1ccc([N+](=O)[O-])cc1N1CC(C)CC(N)C1. The molecule has 1 aliphatic rings. The van der Waals surface area contributed by atoms with Crippen molar-refractivity contribution in [3.63, 3.8) is 0 Å². The number of aryl methyl sites for hydroxylation is 1. The van der Waals surface area contributed by atoms with Crippen LogP contribution in [0.3, 0.4) is 0 Å². The van der Waals surface area contributed by atoms with E-state index in [1.807, 2.05) is 6.92 Å². The van der Waals surface area contributed by atoms with Gasteiger partial charge < -0.3 is 10.6 Å². The molecule has 1 aromatic rings. The van der Waals surface area contributed by atoms with Crippen molar-refractivity contribution in [1.82, 2.24) is 0 Å².